The fraction of sp³-hybridized carbons (Fsp3) is 0.333. The number of aryl methyl sites for hydroxylation is 1. The summed E-state index contributed by atoms with van der Waals surface area (Å²) in [5.74, 6) is 0.884. The standard InChI is InChI=1S/C12H14BrN3S/c1-7(2)16-11(14-15-12(16)17)9-4-8(3)5-10(13)6-9/h4-7H,1-3H3,(H,15,17). The van der Waals surface area contributed by atoms with E-state index in [1.165, 1.54) is 5.56 Å². The quantitative estimate of drug-likeness (QED) is 0.841. The zero-order valence-corrected chi connectivity index (χ0v) is 12.4. The predicted octanol–water partition coefficient (Wildman–Crippen LogP) is 4.26. The van der Waals surface area contributed by atoms with E-state index < -0.39 is 0 Å². The van der Waals surface area contributed by atoms with Gasteiger partial charge in [0.05, 0.1) is 0 Å². The Bertz CT molecular complexity index is 578. The van der Waals surface area contributed by atoms with Crippen LogP contribution in [0.5, 0.6) is 0 Å². The summed E-state index contributed by atoms with van der Waals surface area (Å²) in [7, 11) is 0. The molecule has 0 fully saturated rings. The minimum atomic E-state index is 0.288. The third kappa shape index (κ3) is 2.50. The minimum absolute atomic E-state index is 0.288. The van der Waals surface area contributed by atoms with Gasteiger partial charge in [0.25, 0.3) is 0 Å². The number of aromatic nitrogens is 3. The van der Waals surface area contributed by atoms with Crippen LogP contribution < -0.4 is 0 Å². The molecule has 0 saturated carbocycles. The fourth-order valence-electron chi connectivity index (χ4n) is 1.85. The molecule has 5 heteroatoms. The Morgan fingerprint density at radius 2 is 2.06 bits per heavy atom. The van der Waals surface area contributed by atoms with Gasteiger partial charge in [-0.1, -0.05) is 15.9 Å². The zero-order valence-electron chi connectivity index (χ0n) is 9.99. The maximum atomic E-state index is 5.25. The molecular weight excluding hydrogens is 298 g/mol. The molecule has 1 N–H and O–H groups in total. The van der Waals surface area contributed by atoms with Crippen molar-refractivity contribution in [3.63, 3.8) is 0 Å². The normalized spacial score (nSPS) is 11.1. The van der Waals surface area contributed by atoms with E-state index in [0.717, 1.165) is 15.9 Å². The number of aromatic amines is 1. The highest BCUT2D eigenvalue weighted by Crippen LogP contribution is 2.25. The van der Waals surface area contributed by atoms with E-state index in [2.05, 4.69) is 65.1 Å². The minimum Gasteiger partial charge on any atom is -0.298 e. The molecular formula is C12H14BrN3S. The van der Waals surface area contributed by atoms with Crippen LogP contribution in [0.4, 0.5) is 0 Å². The van der Waals surface area contributed by atoms with Gasteiger partial charge >= 0.3 is 0 Å². The molecule has 0 spiro atoms. The van der Waals surface area contributed by atoms with Gasteiger partial charge in [-0.15, -0.1) is 0 Å². The van der Waals surface area contributed by atoms with E-state index in [-0.39, 0.29) is 6.04 Å². The van der Waals surface area contributed by atoms with Crippen molar-refractivity contribution in [2.75, 3.05) is 0 Å². The van der Waals surface area contributed by atoms with Gasteiger partial charge in [0, 0.05) is 16.1 Å². The zero-order chi connectivity index (χ0) is 12.6. The molecule has 1 aromatic heterocycles. The first-order valence-electron chi connectivity index (χ1n) is 5.43. The first-order chi connectivity index (χ1) is 7.99. The lowest BCUT2D eigenvalue weighted by molar-refractivity contribution is 0.597. The number of rotatable bonds is 2. The number of hydrogen-bond donors (Lipinski definition) is 1. The molecule has 0 amide bonds. The lowest BCUT2D eigenvalue weighted by Gasteiger charge is -2.11. The van der Waals surface area contributed by atoms with Crippen LogP contribution in [0, 0.1) is 11.7 Å². The highest BCUT2D eigenvalue weighted by molar-refractivity contribution is 9.10. The molecule has 1 aromatic carbocycles. The van der Waals surface area contributed by atoms with Gasteiger partial charge in [-0.3, -0.25) is 9.67 Å². The summed E-state index contributed by atoms with van der Waals surface area (Å²) in [5, 5.41) is 7.17. The summed E-state index contributed by atoms with van der Waals surface area (Å²) in [5.41, 5.74) is 2.26. The second kappa shape index (κ2) is 4.74. The summed E-state index contributed by atoms with van der Waals surface area (Å²) in [4.78, 5) is 0. The van der Waals surface area contributed by atoms with Crippen LogP contribution in [0.15, 0.2) is 22.7 Å². The Kier molecular flexibility index (Phi) is 3.49. The summed E-state index contributed by atoms with van der Waals surface area (Å²) in [6.45, 7) is 6.26. The van der Waals surface area contributed by atoms with Crippen LogP contribution in [0.1, 0.15) is 25.5 Å². The van der Waals surface area contributed by atoms with E-state index in [9.17, 15) is 0 Å². The van der Waals surface area contributed by atoms with E-state index in [1.54, 1.807) is 0 Å². The van der Waals surface area contributed by atoms with Crippen LogP contribution in [0.25, 0.3) is 11.4 Å². The average molecular weight is 312 g/mol. The third-order valence-electron chi connectivity index (χ3n) is 2.52. The van der Waals surface area contributed by atoms with Crippen molar-refractivity contribution >= 4 is 28.1 Å². The first kappa shape index (κ1) is 12.5. The maximum Gasteiger partial charge on any atom is 0.195 e. The van der Waals surface area contributed by atoms with E-state index in [1.807, 2.05) is 4.57 Å². The van der Waals surface area contributed by atoms with Gasteiger partial charge in [0.15, 0.2) is 10.6 Å². The topological polar surface area (TPSA) is 33.6 Å². The molecule has 17 heavy (non-hydrogen) atoms. The predicted molar refractivity (Wildman–Crippen MR) is 75.7 cm³/mol. The summed E-state index contributed by atoms with van der Waals surface area (Å²) in [6.07, 6.45) is 0. The van der Waals surface area contributed by atoms with Crippen LogP contribution in [0.2, 0.25) is 0 Å². The SMILES string of the molecule is Cc1cc(Br)cc(-c2n[nH]c(=S)n2C(C)C)c1. The highest BCUT2D eigenvalue weighted by atomic mass is 79.9. The Hall–Kier alpha value is -0.940. The smallest absolute Gasteiger partial charge is 0.195 e. The molecule has 0 bridgehead atoms. The number of halogens is 1. The number of benzene rings is 1. The molecule has 1 heterocycles. The largest absolute Gasteiger partial charge is 0.298 e. The maximum absolute atomic E-state index is 5.25. The van der Waals surface area contributed by atoms with Gasteiger partial charge in [0.1, 0.15) is 0 Å². The van der Waals surface area contributed by atoms with Crippen LogP contribution >= 0.6 is 28.1 Å². The molecule has 0 aliphatic heterocycles. The third-order valence-corrected chi connectivity index (χ3v) is 3.27. The lowest BCUT2D eigenvalue weighted by Crippen LogP contribution is -2.03. The van der Waals surface area contributed by atoms with Crippen molar-refractivity contribution in [1.82, 2.24) is 14.8 Å². The van der Waals surface area contributed by atoms with Gasteiger partial charge < -0.3 is 0 Å². The molecule has 0 aliphatic rings. The first-order valence-corrected chi connectivity index (χ1v) is 6.63. The Morgan fingerprint density at radius 1 is 1.35 bits per heavy atom. The van der Waals surface area contributed by atoms with Crippen molar-refractivity contribution in [3.05, 3.63) is 33.0 Å². The molecule has 0 unspecified atom stereocenters. The Balaban J connectivity index is 2.64. The molecule has 2 rings (SSSR count). The van der Waals surface area contributed by atoms with Crippen molar-refractivity contribution in [2.45, 2.75) is 26.8 Å². The fourth-order valence-corrected chi connectivity index (χ4v) is 2.80. The van der Waals surface area contributed by atoms with Gasteiger partial charge in [-0.25, -0.2) is 0 Å². The van der Waals surface area contributed by atoms with Gasteiger partial charge in [-0.2, -0.15) is 5.10 Å². The Morgan fingerprint density at radius 3 is 2.65 bits per heavy atom. The Labute approximate surface area is 114 Å². The van der Waals surface area contributed by atoms with E-state index in [0.29, 0.717) is 4.77 Å². The highest BCUT2D eigenvalue weighted by Gasteiger charge is 2.12. The summed E-state index contributed by atoms with van der Waals surface area (Å²) >= 11 is 8.75. The molecule has 0 aliphatic carbocycles. The molecule has 90 valence electrons. The van der Waals surface area contributed by atoms with Crippen LogP contribution in [0.3, 0.4) is 0 Å². The average Bonchev–Trinajstić information content (AvgIpc) is 2.58. The number of hydrogen-bond acceptors (Lipinski definition) is 2. The van der Waals surface area contributed by atoms with Crippen molar-refractivity contribution in [3.8, 4) is 11.4 Å². The summed E-state index contributed by atoms with van der Waals surface area (Å²) < 4.78 is 3.74. The van der Waals surface area contributed by atoms with Crippen LogP contribution in [-0.2, 0) is 0 Å². The van der Waals surface area contributed by atoms with Crippen molar-refractivity contribution in [1.29, 1.82) is 0 Å². The van der Waals surface area contributed by atoms with Crippen molar-refractivity contribution in [2.24, 2.45) is 0 Å². The molecule has 3 nitrogen and oxygen atoms in total. The number of nitrogens with one attached hydrogen (secondary N) is 1. The van der Waals surface area contributed by atoms with Gasteiger partial charge in [-0.05, 0) is 56.8 Å². The van der Waals surface area contributed by atoms with E-state index in [4.69, 9.17) is 12.2 Å². The molecule has 0 saturated heterocycles. The van der Waals surface area contributed by atoms with Crippen molar-refractivity contribution < 1.29 is 0 Å². The second-order valence-electron chi connectivity index (χ2n) is 4.33. The molecule has 2 aromatic rings. The number of nitrogens with zero attached hydrogens (tertiary/aromatic N) is 2. The monoisotopic (exact) mass is 311 g/mol. The molecule has 0 radical (unpaired) electrons. The second-order valence-corrected chi connectivity index (χ2v) is 5.64. The van der Waals surface area contributed by atoms with Crippen LogP contribution in [-0.4, -0.2) is 14.8 Å². The van der Waals surface area contributed by atoms with Gasteiger partial charge in [0.2, 0.25) is 0 Å². The summed E-state index contributed by atoms with van der Waals surface area (Å²) in [6, 6.07) is 6.52. The van der Waals surface area contributed by atoms with E-state index >= 15 is 0 Å². The lowest BCUT2D eigenvalue weighted by atomic mass is 10.1. The number of H-pyrrole nitrogens is 1. The molecule has 0 atom stereocenters.